The Balaban J connectivity index is 1.96. The maximum atomic E-state index is 13.4. The lowest BCUT2D eigenvalue weighted by atomic mass is 10.2. The fourth-order valence-electron chi connectivity index (χ4n) is 1.78. The van der Waals surface area contributed by atoms with Crippen molar-refractivity contribution in [1.29, 1.82) is 5.26 Å². The Bertz CT molecular complexity index is 408. The first-order valence-corrected chi connectivity index (χ1v) is 5.35. The Hall–Kier alpha value is -1.60. The summed E-state index contributed by atoms with van der Waals surface area (Å²) in [6, 6.07) is 6.45. The molecule has 1 aliphatic heterocycles. The predicted molar refractivity (Wildman–Crippen MR) is 57.6 cm³/mol. The van der Waals surface area contributed by atoms with Crippen LogP contribution >= 0.6 is 0 Å². The molecular formula is C12H13FN2O. The SMILES string of the molecule is N#Cc1ccc(OC[C@@H]2CCCN2)c(F)c1. The van der Waals surface area contributed by atoms with Gasteiger partial charge in [0.05, 0.1) is 11.6 Å². The minimum absolute atomic E-state index is 0.215. The van der Waals surface area contributed by atoms with Gasteiger partial charge < -0.3 is 10.1 Å². The molecule has 1 fully saturated rings. The van der Waals surface area contributed by atoms with Gasteiger partial charge in [-0.25, -0.2) is 4.39 Å². The van der Waals surface area contributed by atoms with Crippen LogP contribution in [0.4, 0.5) is 4.39 Å². The molecule has 3 nitrogen and oxygen atoms in total. The Morgan fingerprint density at radius 3 is 3.06 bits per heavy atom. The largest absolute Gasteiger partial charge is 0.489 e. The highest BCUT2D eigenvalue weighted by atomic mass is 19.1. The number of nitrogens with zero attached hydrogens (tertiary/aromatic N) is 1. The maximum Gasteiger partial charge on any atom is 0.166 e. The van der Waals surface area contributed by atoms with Crippen LogP contribution in [-0.2, 0) is 0 Å². The first kappa shape index (κ1) is 10.9. The third kappa shape index (κ3) is 2.50. The molecule has 0 radical (unpaired) electrons. The van der Waals surface area contributed by atoms with E-state index in [2.05, 4.69) is 5.32 Å². The highest BCUT2D eigenvalue weighted by Crippen LogP contribution is 2.18. The number of nitriles is 1. The van der Waals surface area contributed by atoms with Crippen LogP contribution in [0, 0.1) is 17.1 Å². The zero-order valence-corrected chi connectivity index (χ0v) is 8.87. The average molecular weight is 220 g/mol. The van der Waals surface area contributed by atoms with E-state index in [9.17, 15) is 4.39 Å². The molecule has 1 aromatic carbocycles. The van der Waals surface area contributed by atoms with Crippen LogP contribution in [0.3, 0.4) is 0 Å². The van der Waals surface area contributed by atoms with Gasteiger partial charge >= 0.3 is 0 Å². The highest BCUT2D eigenvalue weighted by molar-refractivity contribution is 5.35. The zero-order chi connectivity index (χ0) is 11.4. The summed E-state index contributed by atoms with van der Waals surface area (Å²) >= 11 is 0. The Morgan fingerprint density at radius 2 is 2.44 bits per heavy atom. The third-order valence-electron chi connectivity index (χ3n) is 2.66. The Kier molecular flexibility index (Phi) is 3.37. The molecule has 0 saturated carbocycles. The van der Waals surface area contributed by atoms with E-state index in [-0.39, 0.29) is 5.75 Å². The highest BCUT2D eigenvalue weighted by Gasteiger charge is 2.15. The van der Waals surface area contributed by atoms with E-state index in [1.807, 2.05) is 6.07 Å². The van der Waals surface area contributed by atoms with Crippen LogP contribution in [0.1, 0.15) is 18.4 Å². The summed E-state index contributed by atoms with van der Waals surface area (Å²) in [6.45, 7) is 1.48. The molecule has 84 valence electrons. The maximum absolute atomic E-state index is 13.4. The van der Waals surface area contributed by atoms with E-state index in [0.29, 0.717) is 18.2 Å². The molecular weight excluding hydrogens is 207 g/mol. The number of ether oxygens (including phenoxy) is 1. The number of benzene rings is 1. The molecule has 1 aromatic rings. The van der Waals surface area contributed by atoms with Crippen molar-refractivity contribution in [2.45, 2.75) is 18.9 Å². The fraction of sp³-hybridized carbons (Fsp3) is 0.417. The summed E-state index contributed by atoms with van der Waals surface area (Å²) in [7, 11) is 0. The zero-order valence-electron chi connectivity index (χ0n) is 8.87. The van der Waals surface area contributed by atoms with Crippen LogP contribution in [0.2, 0.25) is 0 Å². The molecule has 0 aromatic heterocycles. The minimum atomic E-state index is -0.475. The van der Waals surface area contributed by atoms with Crippen LogP contribution in [0.5, 0.6) is 5.75 Å². The van der Waals surface area contributed by atoms with Gasteiger partial charge in [0.15, 0.2) is 11.6 Å². The third-order valence-corrected chi connectivity index (χ3v) is 2.66. The second-order valence-corrected chi connectivity index (χ2v) is 3.86. The second kappa shape index (κ2) is 4.95. The van der Waals surface area contributed by atoms with E-state index in [1.165, 1.54) is 12.1 Å². The number of nitrogens with one attached hydrogen (secondary N) is 1. The molecule has 0 aliphatic carbocycles. The van der Waals surface area contributed by atoms with E-state index < -0.39 is 5.82 Å². The number of hydrogen-bond acceptors (Lipinski definition) is 3. The quantitative estimate of drug-likeness (QED) is 0.845. The van der Waals surface area contributed by atoms with Crippen molar-refractivity contribution in [2.24, 2.45) is 0 Å². The molecule has 0 bridgehead atoms. The molecule has 0 unspecified atom stereocenters. The first-order valence-electron chi connectivity index (χ1n) is 5.35. The van der Waals surface area contributed by atoms with Gasteiger partial charge in [-0.2, -0.15) is 5.26 Å². The van der Waals surface area contributed by atoms with Crippen LogP contribution in [0.25, 0.3) is 0 Å². The number of halogens is 1. The van der Waals surface area contributed by atoms with Crippen molar-refractivity contribution in [3.8, 4) is 11.8 Å². The summed E-state index contributed by atoms with van der Waals surface area (Å²) in [5.74, 6) is -0.259. The molecule has 16 heavy (non-hydrogen) atoms. The molecule has 1 N–H and O–H groups in total. The Labute approximate surface area is 93.8 Å². The lowest BCUT2D eigenvalue weighted by molar-refractivity contribution is 0.265. The fourth-order valence-corrected chi connectivity index (χ4v) is 1.78. The smallest absolute Gasteiger partial charge is 0.166 e. The number of hydrogen-bond donors (Lipinski definition) is 1. The van der Waals surface area contributed by atoms with E-state index in [1.54, 1.807) is 6.07 Å². The van der Waals surface area contributed by atoms with Gasteiger partial charge in [-0.1, -0.05) is 0 Å². The normalized spacial score (nSPS) is 19.4. The van der Waals surface area contributed by atoms with Gasteiger partial charge in [-0.05, 0) is 37.6 Å². The standard InChI is InChI=1S/C12H13FN2O/c13-11-6-9(7-14)3-4-12(11)16-8-10-2-1-5-15-10/h3-4,6,10,15H,1-2,5,8H2/t10-/m0/s1. The van der Waals surface area contributed by atoms with Crippen molar-refractivity contribution >= 4 is 0 Å². The molecule has 1 atom stereocenters. The monoisotopic (exact) mass is 220 g/mol. The minimum Gasteiger partial charge on any atom is -0.489 e. The summed E-state index contributed by atoms with van der Waals surface area (Å²) in [5, 5.41) is 11.9. The van der Waals surface area contributed by atoms with E-state index in [4.69, 9.17) is 10.00 Å². The summed E-state index contributed by atoms with van der Waals surface area (Å²) in [4.78, 5) is 0. The van der Waals surface area contributed by atoms with Gasteiger partial charge in [-0.15, -0.1) is 0 Å². The lowest BCUT2D eigenvalue weighted by Gasteiger charge is -2.12. The van der Waals surface area contributed by atoms with Crippen molar-refractivity contribution in [3.63, 3.8) is 0 Å². The molecule has 0 spiro atoms. The molecule has 1 heterocycles. The van der Waals surface area contributed by atoms with E-state index in [0.717, 1.165) is 19.4 Å². The predicted octanol–water partition coefficient (Wildman–Crippen LogP) is 1.83. The van der Waals surface area contributed by atoms with Crippen LogP contribution in [0.15, 0.2) is 18.2 Å². The topological polar surface area (TPSA) is 45.0 Å². The summed E-state index contributed by atoms with van der Waals surface area (Å²) < 4.78 is 18.8. The average Bonchev–Trinajstić information content (AvgIpc) is 2.80. The summed E-state index contributed by atoms with van der Waals surface area (Å²) in [6.07, 6.45) is 2.21. The molecule has 1 saturated heterocycles. The van der Waals surface area contributed by atoms with E-state index >= 15 is 0 Å². The molecule has 2 rings (SSSR count). The van der Waals surface area contributed by atoms with Crippen molar-refractivity contribution in [1.82, 2.24) is 5.32 Å². The van der Waals surface area contributed by atoms with Gasteiger partial charge in [0.2, 0.25) is 0 Å². The van der Waals surface area contributed by atoms with Crippen LogP contribution in [-0.4, -0.2) is 19.2 Å². The molecule has 4 heteroatoms. The van der Waals surface area contributed by atoms with Gasteiger partial charge in [0.25, 0.3) is 0 Å². The second-order valence-electron chi connectivity index (χ2n) is 3.86. The van der Waals surface area contributed by atoms with Crippen molar-refractivity contribution in [2.75, 3.05) is 13.2 Å². The van der Waals surface area contributed by atoms with Gasteiger partial charge in [0, 0.05) is 6.04 Å². The van der Waals surface area contributed by atoms with Crippen LogP contribution < -0.4 is 10.1 Å². The Morgan fingerprint density at radius 1 is 1.56 bits per heavy atom. The summed E-state index contributed by atoms with van der Waals surface area (Å²) in [5.41, 5.74) is 0.309. The first-order chi connectivity index (χ1) is 7.79. The number of rotatable bonds is 3. The lowest BCUT2D eigenvalue weighted by Crippen LogP contribution is -2.28. The van der Waals surface area contributed by atoms with Crippen molar-refractivity contribution < 1.29 is 9.13 Å². The molecule has 0 amide bonds. The van der Waals surface area contributed by atoms with Gasteiger partial charge in [-0.3, -0.25) is 0 Å². The molecule has 1 aliphatic rings. The van der Waals surface area contributed by atoms with Crippen molar-refractivity contribution in [3.05, 3.63) is 29.6 Å². The van der Waals surface area contributed by atoms with Gasteiger partial charge in [0.1, 0.15) is 6.61 Å².